The highest BCUT2D eigenvalue weighted by atomic mass is 15.1. The van der Waals surface area contributed by atoms with E-state index in [1.807, 2.05) is 36.8 Å². The molecule has 0 fully saturated rings. The standard InChI is InChI=1S/C19H25N5/c1-19(2,13-24(3)4)12-23-17-6-5-14(11-22-17)15-7-9-20-18-16(15)8-10-21-18/h5-11H,12-13H2,1-4H3,(H,20,21)(H,22,23). The molecule has 0 bridgehead atoms. The number of hydrogen-bond acceptors (Lipinski definition) is 4. The molecule has 0 saturated carbocycles. The van der Waals surface area contributed by atoms with Crippen molar-refractivity contribution in [2.45, 2.75) is 13.8 Å². The van der Waals surface area contributed by atoms with Crippen LogP contribution in [0.15, 0.2) is 42.9 Å². The van der Waals surface area contributed by atoms with Gasteiger partial charge in [-0.15, -0.1) is 0 Å². The maximum Gasteiger partial charge on any atom is 0.137 e. The number of hydrogen-bond donors (Lipinski definition) is 2. The molecular weight excluding hydrogens is 298 g/mol. The Morgan fingerprint density at radius 1 is 1.12 bits per heavy atom. The summed E-state index contributed by atoms with van der Waals surface area (Å²) in [6.07, 6.45) is 5.66. The van der Waals surface area contributed by atoms with Crippen LogP contribution in [0.5, 0.6) is 0 Å². The molecule has 0 amide bonds. The third-order valence-electron chi connectivity index (χ3n) is 4.03. The Morgan fingerprint density at radius 2 is 1.96 bits per heavy atom. The predicted molar refractivity (Wildman–Crippen MR) is 100 cm³/mol. The first-order valence-electron chi connectivity index (χ1n) is 8.22. The summed E-state index contributed by atoms with van der Waals surface area (Å²) in [5, 5.41) is 4.56. The van der Waals surface area contributed by atoms with Crippen LogP contribution < -0.4 is 5.32 Å². The van der Waals surface area contributed by atoms with Crippen LogP contribution in [0.1, 0.15) is 13.8 Å². The Bertz CT molecular complexity index is 802. The molecule has 3 aromatic rings. The second-order valence-electron chi connectivity index (χ2n) is 7.29. The number of aromatic amines is 1. The quantitative estimate of drug-likeness (QED) is 0.727. The molecule has 3 aromatic heterocycles. The van der Waals surface area contributed by atoms with E-state index in [9.17, 15) is 0 Å². The lowest BCUT2D eigenvalue weighted by atomic mass is 9.93. The molecule has 5 nitrogen and oxygen atoms in total. The monoisotopic (exact) mass is 323 g/mol. The molecule has 2 N–H and O–H groups in total. The van der Waals surface area contributed by atoms with Gasteiger partial charge in [-0.2, -0.15) is 0 Å². The van der Waals surface area contributed by atoms with Crippen molar-refractivity contribution in [3.63, 3.8) is 0 Å². The summed E-state index contributed by atoms with van der Waals surface area (Å²) in [6.45, 7) is 6.43. The number of anilines is 1. The zero-order valence-electron chi connectivity index (χ0n) is 14.8. The van der Waals surface area contributed by atoms with Crippen molar-refractivity contribution in [3.8, 4) is 11.1 Å². The summed E-state index contributed by atoms with van der Waals surface area (Å²) < 4.78 is 0. The number of H-pyrrole nitrogens is 1. The summed E-state index contributed by atoms with van der Waals surface area (Å²) in [4.78, 5) is 14.3. The van der Waals surface area contributed by atoms with Crippen molar-refractivity contribution in [1.29, 1.82) is 0 Å². The average Bonchev–Trinajstić information content (AvgIpc) is 3.01. The van der Waals surface area contributed by atoms with Crippen LogP contribution in [0.3, 0.4) is 0 Å². The average molecular weight is 323 g/mol. The fourth-order valence-corrected chi connectivity index (χ4v) is 3.11. The van der Waals surface area contributed by atoms with E-state index in [1.54, 1.807) is 0 Å². The van der Waals surface area contributed by atoms with E-state index in [4.69, 9.17) is 0 Å². The van der Waals surface area contributed by atoms with E-state index in [1.165, 1.54) is 0 Å². The Labute approximate surface area is 143 Å². The minimum absolute atomic E-state index is 0.187. The summed E-state index contributed by atoms with van der Waals surface area (Å²) in [6, 6.07) is 8.23. The number of nitrogens with one attached hydrogen (secondary N) is 2. The zero-order chi connectivity index (χ0) is 17.2. The number of nitrogens with zero attached hydrogens (tertiary/aromatic N) is 3. The van der Waals surface area contributed by atoms with Crippen LogP contribution in [0.2, 0.25) is 0 Å². The van der Waals surface area contributed by atoms with Crippen LogP contribution >= 0.6 is 0 Å². The molecule has 3 rings (SSSR count). The van der Waals surface area contributed by atoms with Crippen molar-refractivity contribution in [2.75, 3.05) is 32.5 Å². The van der Waals surface area contributed by atoms with Crippen molar-refractivity contribution >= 4 is 16.9 Å². The molecule has 0 aromatic carbocycles. The Balaban J connectivity index is 1.73. The van der Waals surface area contributed by atoms with Crippen LogP contribution in [0, 0.1) is 5.41 Å². The lowest BCUT2D eigenvalue weighted by Gasteiger charge is -2.28. The van der Waals surface area contributed by atoms with Crippen LogP contribution in [0.4, 0.5) is 5.82 Å². The Morgan fingerprint density at radius 3 is 2.67 bits per heavy atom. The largest absolute Gasteiger partial charge is 0.369 e. The van der Waals surface area contributed by atoms with Gasteiger partial charge in [0.05, 0.1) is 0 Å². The molecule has 0 aliphatic heterocycles. The van der Waals surface area contributed by atoms with Crippen LogP contribution in [-0.2, 0) is 0 Å². The van der Waals surface area contributed by atoms with Gasteiger partial charge in [-0.1, -0.05) is 13.8 Å². The number of aromatic nitrogens is 3. The normalized spacial score (nSPS) is 12.0. The van der Waals surface area contributed by atoms with Gasteiger partial charge < -0.3 is 15.2 Å². The van der Waals surface area contributed by atoms with Crippen LogP contribution in [-0.4, -0.2) is 47.0 Å². The number of fused-ring (bicyclic) bond motifs is 1. The van der Waals surface area contributed by atoms with Gasteiger partial charge in [0, 0.05) is 42.6 Å². The van der Waals surface area contributed by atoms with Crippen molar-refractivity contribution in [1.82, 2.24) is 19.9 Å². The van der Waals surface area contributed by atoms with Crippen molar-refractivity contribution in [3.05, 3.63) is 42.9 Å². The van der Waals surface area contributed by atoms with Gasteiger partial charge in [-0.05, 0) is 49.3 Å². The first-order chi connectivity index (χ1) is 11.4. The van der Waals surface area contributed by atoms with E-state index >= 15 is 0 Å². The van der Waals surface area contributed by atoms with E-state index in [2.05, 4.69) is 59.2 Å². The highest BCUT2D eigenvalue weighted by Gasteiger charge is 2.18. The van der Waals surface area contributed by atoms with E-state index in [0.717, 1.165) is 41.1 Å². The summed E-state index contributed by atoms with van der Waals surface area (Å²) in [5.41, 5.74) is 3.33. The fourth-order valence-electron chi connectivity index (χ4n) is 3.11. The first kappa shape index (κ1) is 16.5. The van der Waals surface area contributed by atoms with Gasteiger partial charge in [0.25, 0.3) is 0 Å². The number of rotatable bonds is 6. The maximum absolute atomic E-state index is 4.57. The SMILES string of the molecule is CN(C)CC(C)(C)CNc1ccc(-c2ccnc3[nH]ccc23)cn1. The summed E-state index contributed by atoms with van der Waals surface area (Å²) >= 11 is 0. The minimum Gasteiger partial charge on any atom is -0.369 e. The molecule has 0 radical (unpaired) electrons. The summed E-state index contributed by atoms with van der Waals surface area (Å²) in [5.74, 6) is 0.907. The Hall–Kier alpha value is -2.40. The molecule has 0 spiro atoms. The summed E-state index contributed by atoms with van der Waals surface area (Å²) in [7, 11) is 4.20. The number of pyridine rings is 2. The lowest BCUT2D eigenvalue weighted by Crippen LogP contribution is -2.34. The van der Waals surface area contributed by atoms with Crippen LogP contribution in [0.25, 0.3) is 22.2 Å². The van der Waals surface area contributed by atoms with Crippen molar-refractivity contribution in [2.24, 2.45) is 5.41 Å². The van der Waals surface area contributed by atoms with E-state index in [0.29, 0.717) is 0 Å². The third kappa shape index (κ3) is 3.74. The molecule has 3 heterocycles. The molecule has 0 atom stereocenters. The van der Waals surface area contributed by atoms with Gasteiger partial charge >= 0.3 is 0 Å². The molecule has 0 aliphatic rings. The zero-order valence-corrected chi connectivity index (χ0v) is 14.8. The van der Waals surface area contributed by atoms with Gasteiger partial charge in [0.2, 0.25) is 0 Å². The van der Waals surface area contributed by atoms with Gasteiger partial charge in [0.1, 0.15) is 11.5 Å². The predicted octanol–water partition coefficient (Wildman–Crippen LogP) is 3.62. The molecule has 24 heavy (non-hydrogen) atoms. The molecule has 126 valence electrons. The molecule has 5 heteroatoms. The fraction of sp³-hybridized carbons (Fsp3) is 0.368. The van der Waals surface area contributed by atoms with E-state index < -0.39 is 0 Å². The Kier molecular flexibility index (Phi) is 4.53. The molecule has 0 saturated heterocycles. The topological polar surface area (TPSA) is 56.8 Å². The molecule has 0 aliphatic carbocycles. The maximum atomic E-state index is 4.57. The van der Waals surface area contributed by atoms with Gasteiger partial charge in [-0.3, -0.25) is 0 Å². The molecule has 0 unspecified atom stereocenters. The van der Waals surface area contributed by atoms with E-state index in [-0.39, 0.29) is 5.41 Å². The third-order valence-corrected chi connectivity index (χ3v) is 4.03. The minimum atomic E-state index is 0.187. The highest BCUT2D eigenvalue weighted by Crippen LogP contribution is 2.27. The highest BCUT2D eigenvalue weighted by molar-refractivity contribution is 5.92. The lowest BCUT2D eigenvalue weighted by molar-refractivity contribution is 0.254. The molecular formula is C19H25N5. The second kappa shape index (κ2) is 6.61. The van der Waals surface area contributed by atoms with Gasteiger partial charge in [0.15, 0.2) is 0 Å². The second-order valence-corrected chi connectivity index (χ2v) is 7.29. The van der Waals surface area contributed by atoms with Crippen molar-refractivity contribution < 1.29 is 0 Å². The first-order valence-corrected chi connectivity index (χ1v) is 8.22. The smallest absolute Gasteiger partial charge is 0.137 e. The van der Waals surface area contributed by atoms with Gasteiger partial charge in [-0.25, -0.2) is 9.97 Å².